The molecule has 0 fully saturated rings. The van der Waals surface area contributed by atoms with Crippen molar-refractivity contribution in [3.63, 3.8) is 0 Å². The van der Waals surface area contributed by atoms with Crippen molar-refractivity contribution in [1.82, 2.24) is 0 Å². The largest absolute Gasteiger partial charge is 0.490 e. The third kappa shape index (κ3) is 3.22. The minimum Gasteiger partial charge on any atom is -0.490 e. The topological polar surface area (TPSA) is 18.5 Å². The van der Waals surface area contributed by atoms with Gasteiger partial charge in [0.1, 0.15) is 11.9 Å². The Morgan fingerprint density at radius 1 is 1.35 bits per heavy atom. The van der Waals surface area contributed by atoms with Gasteiger partial charge in [-0.1, -0.05) is 24.6 Å². The van der Waals surface area contributed by atoms with E-state index in [0.29, 0.717) is 12.0 Å². The monoisotopic (exact) mass is 234 g/mol. The second-order valence-corrected chi connectivity index (χ2v) is 5.04. The third-order valence-corrected chi connectivity index (χ3v) is 3.57. The van der Waals surface area contributed by atoms with Crippen LogP contribution in [-0.4, -0.2) is 19.3 Å². The van der Waals surface area contributed by atoms with E-state index >= 15 is 0 Å². The fourth-order valence-electron chi connectivity index (χ4n) is 2.46. The summed E-state index contributed by atoms with van der Waals surface area (Å²) in [4.78, 5) is 0. The molecular formula is C15H22O2. The molecule has 0 spiro atoms. The molecule has 0 aliphatic heterocycles. The summed E-state index contributed by atoms with van der Waals surface area (Å²) in [5, 5.41) is 0. The summed E-state index contributed by atoms with van der Waals surface area (Å²) in [6.07, 6.45) is 12.3. The highest BCUT2D eigenvalue weighted by Gasteiger charge is 2.22. The van der Waals surface area contributed by atoms with Gasteiger partial charge >= 0.3 is 0 Å². The average Bonchev–Trinajstić information content (AvgIpc) is 2.34. The predicted octanol–water partition coefficient (Wildman–Crippen LogP) is 3.61. The molecule has 0 saturated carbocycles. The first-order valence-corrected chi connectivity index (χ1v) is 6.44. The summed E-state index contributed by atoms with van der Waals surface area (Å²) in [6.45, 7) is 4.44. The van der Waals surface area contributed by atoms with Crippen LogP contribution in [0.4, 0.5) is 0 Å². The van der Waals surface area contributed by atoms with Crippen molar-refractivity contribution >= 4 is 0 Å². The van der Waals surface area contributed by atoms with E-state index in [4.69, 9.17) is 9.47 Å². The van der Waals surface area contributed by atoms with Crippen molar-refractivity contribution in [2.24, 2.45) is 5.92 Å². The van der Waals surface area contributed by atoms with E-state index in [1.165, 1.54) is 5.57 Å². The zero-order valence-electron chi connectivity index (χ0n) is 11.0. The molecule has 3 unspecified atom stereocenters. The highest BCUT2D eigenvalue weighted by molar-refractivity contribution is 5.20. The molecule has 0 heterocycles. The van der Waals surface area contributed by atoms with Gasteiger partial charge in [-0.15, -0.1) is 0 Å². The molecule has 0 amide bonds. The van der Waals surface area contributed by atoms with Crippen LogP contribution in [0.1, 0.15) is 33.1 Å². The minimum atomic E-state index is 0.216. The molecule has 3 atom stereocenters. The lowest BCUT2D eigenvalue weighted by Crippen LogP contribution is -2.24. The van der Waals surface area contributed by atoms with Crippen LogP contribution >= 0.6 is 0 Å². The lowest BCUT2D eigenvalue weighted by atomic mass is 9.90. The van der Waals surface area contributed by atoms with Crippen molar-refractivity contribution in [2.75, 3.05) is 7.11 Å². The molecule has 0 bridgehead atoms. The first-order chi connectivity index (χ1) is 8.19. The highest BCUT2D eigenvalue weighted by atomic mass is 16.5. The van der Waals surface area contributed by atoms with Gasteiger partial charge in [0, 0.05) is 13.0 Å². The minimum absolute atomic E-state index is 0.216. The smallest absolute Gasteiger partial charge is 0.115 e. The SMILES string of the molecule is COC1C=CC(OC2CCC(C)=CC2C)=CC1. The van der Waals surface area contributed by atoms with Gasteiger partial charge in [-0.3, -0.25) is 0 Å². The Bertz CT molecular complexity index is 352. The van der Waals surface area contributed by atoms with E-state index in [0.717, 1.165) is 25.0 Å². The molecule has 2 aliphatic rings. The van der Waals surface area contributed by atoms with E-state index < -0.39 is 0 Å². The third-order valence-electron chi connectivity index (χ3n) is 3.57. The Kier molecular flexibility index (Phi) is 4.06. The van der Waals surface area contributed by atoms with E-state index in [1.807, 2.05) is 6.08 Å². The Labute approximate surface area is 104 Å². The number of hydrogen-bond acceptors (Lipinski definition) is 2. The molecule has 0 radical (unpaired) electrons. The summed E-state index contributed by atoms with van der Waals surface area (Å²) in [6, 6.07) is 0. The molecule has 2 aliphatic carbocycles. The van der Waals surface area contributed by atoms with Crippen LogP contribution in [0.5, 0.6) is 0 Å². The van der Waals surface area contributed by atoms with Crippen LogP contribution in [0, 0.1) is 5.92 Å². The van der Waals surface area contributed by atoms with Crippen molar-refractivity contribution < 1.29 is 9.47 Å². The number of hydrogen-bond donors (Lipinski definition) is 0. The molecule has 0 aromatic heterocycles. The zero-order chi connectivity index (χ0) is 12.3. The molecule has 0 N–H and O–H groups in total. The summed E-state index contributed by atoms with van der Waals surface area (Å²) in [5.74, 6) is 1.52. The van der Waals surface area contributed by atoms with Gasteiger partial charge in [0.15, 0.2) is 0 Å². The van der Waals surface area contributed by atoms with E-state index in [9.17, 15) is 0 Å². The van der Waals surface area contributed by atoms with Gasteiger partial charge in [-0.2, -0.15) is 0 Å². The van der Waals surface area contributed by atoms with Crippen molar-refractivity contribution in [3.8, 4) is 0 Å². The van der Waals surface area contributed by atoms with Gasteiger partial charge in [0.2, 0.25) is 0 Å². The standard InChI is InChI=1S/C15H22O2/c1-11-4-9-15(12(2)10-11)17-14-7-5-13(16-3)6-8-14/h5,7-8,10,12-13,15H,4,6,9H2,1-3H3. The Morgan fingerprint density at radius 2 is 2.18 bits per heavy atom. The predicted molar refractivity (Wildman–Crippen MR) is 69.7 cm³/mol. The van der Waals surface area contributed by atoms with Gasteiger partial charge < -0.3 is 9.47 Å². The molecule has 0 saturated heterocycles. The summed E-state index contributed by atoms with van der Waals surface area (Å²) in [7, 11) is 1.74. The van der Waals surface area contributed by atoms with Crippen molar-refractivity contribution in [1.29, 1.82) is 0 Å². The molecule has 94 valence electrons. The highest BCUT2D eigenvalue weighted by Crippen LogP contribution is 2.28. The van der Waals surface area contributed by atoms with Gasteiger partial charge in [0.25, 0.3) is 0 Å². The molecule has 17 heavy (non-hydrogen) atoms. The fraction of sp³-hybridized carbons (Fsp3) is 0.600. The molecule has 0 aromatic rings. The number of rotatable bonds is 3. The average molecular weight is 234 g/mol. The number of ether oxygens (including phenoxy) is 2. The lowest BCUT2D eigenvalue weighted by molar-refractivity contribution is 0.0767. The van der Waals surface area contributed by atoms with E-state index in [2.05, 4.69) is 32.1 Å². The maximum absolute atomic E-state index is 6.06. The van der Waals surface area contributed by atoms with Crippen LogP contribution in [0.2, 0.25) is 0 Å². The van der Waals surface area contributed by atoms with Crippen LogP contribution in [0.15, 0.2) is 35.6 Å². The van der Waals surface area contributed by atoms with Crippen molar-refractivity contribution in [2.45, 2.75) is 45.3 Å². The van der Waals surface area contributed by atoms with Gasteiger partial charge in [-0.25, -0.2) is 0 Å². The number of methoxy groups -OCH3 is 1. The van der Waals surface area contributed by atoms with Crippen LogP contribution in [-0.2, 0) is 9.47 Å². The Hall–Kier alpha value is -1.02. The molecule has 2 nitrogen and oxygen atoms in total. The fourth-order valence-corrected chi connectivity index (χ4v) is 2.46. The van der Waals surface area contributed by atoms with Crippen LogP contribution in [0.3, 0.4) is 0 Å². The molecule has 2 rings (SSSR count). The number of allylic oxidation sites excluding steroid dienone is 2. The maximum Gasteiger partial charge on any atom is 0.115 e. The molecule has 0 aromatic carbocycles. The molecule has 2 heteroatoms. The van der Waals surface area contributed by atoms with E-state index in [1.54, 1.807) is 7.11 Å². The van der Waals surface area contributed by atoms with Crippen molar-refractivity contribution in [3.05, 3.63) is 35.6 Å². The quantitative estimate of drug-likeness (QED) is 0.695. The normalized spacial score (nSPS) is 33.0. The second-order valence-electron chi connectivity index (χ2n) is 5.04. The molecular weight excluding hydrogens is 212 g/mol. The Morgan fingerprint density at radius 3 is 2.76 bits per heavy atom. The summed E-state index contributed by atoms with van der Waals surface area (Å²) in [5.41, 5.74) is 1.49. The van der Waals surface area contributed by atoms with E-state index in [-0.39, 0.29) is 6.10 Å². The first kappa shape index (κ1) is 12.4. The lowest BCUT2D eigenvalue weighted by Gasteiger charge is -2.29. The van der Waals surface area contributed by atoms with Gasteiger partial charge in [0.05, 0.1) is 6.10 Å². The first-order valence-electron chi connectivity index (χ1n) is 6.44. The summed E-state index contributed by atoms with van der Waals surface area (Å²) < 4.78 is 11.3. The zero-order valence-corrected chi connectivity index (χ0v) is 11.0. The maximum atomic E-state index is 6.06. The Balaban J connectivity index is 1.91. The second kappa shape index (κ2) is 5.54. The van der Waals surface area contributed by atoms with Crippen LogP contribution in [0.25, 0.3) is 0 Å². The van der Waals surface area contributed by atoms with Crippen LogP contribution < -0.4 is 0 Å². The van der Waals surface area contributed by atoms with Gasteiger partial charge in [-0.05, 0) is 38.3 Å². The summed E-state index contributed by atoms with van der Waals surface area (Å²) >= 11 is 0.